The molecule has 0 radical (unpaired) electrons. The Bertz CT molecular complexity index is 362. The second-order valence-electron chi connectivity index (χ2n) is 6.09. The van der Waals surface area contributed by atoms with Gasteiger partial charge in [-0.2, -0.15) is 0 Å². The quantitative estimate of drug-likeness (QED) is 0.832. The number of hydrogen-bond acceptors (Lipinski definition) is 2. The van der Waals surface area contributed by atoms with Crippen LogP contribution in [0.25, 0.3) is 0 Å². The van der Waals surface area contributed by atoms with Gasteiger partial charge in [0.25, 0.3) is 0 Å². The molecular weight excluding hydrogens is 226 g/mol. The minimum atomic E-state index is -0.440. The van der Waals surface area contributed by atoms with E-state index in [1.807, 2.05) is 26.0 Å². The summed E-state index contributed by atoms with van der Waals surface area (Å²) in [5, 5.41) is 12.0. The van der Waals surface area contributed by atoms with Gasteiger partial charge in [0.15, 0.2) is 0 Å². The minimum absolute atomic E-state index is 0.140. The molecule has 0 aliphatic carbocycles. The fourth-order valence-electron chi connectivity index (χ4n) is 1.77. The Labute approximate surface area is 110 Å². The first-order valence-corrected chi connectivity index (χ1v) is 6.50. The molecule has 0 spiro atoms. The van der Waals surface area contributed by atoms with Gasteiger partial charge >= 0.3 is 0 Å². The Morgan fingerprint density at radius 3 is 2.22 bits per heavy atom. The molecule has 0 aliphatic rings. The Balaban J connectivity index is 2.40. The van der Waals surface area contributed by atoms with Crippen LogP contribution in [0.1, 0.15) is 31.9 Å². The molecule has 1 aromatic rings. The van der Waals surface area contributed by atoms with Crippen molar-refractivity contribution in [2.75, 3.05) is 13.2 Å². The number of aliphatic hydroxyl groups is 1. The minimum Gasteiger partial charge on any atom is -0.491 e. The number of benzene rings is 1. The third-order valence-electron chi connectivity index (χ3n) is 2.64. The molecule has 1 rings (SSSR count). The second-order valence-corrected chi connectivity index (χ2v) is 6.09. The number of ether oxygens (including phenoxy) is 1. The average molecular weight is 252 g/mol. The molecule has 102 valence electrons. The van der Waals surface area contributed by atoms with E-state index in [2.05, 4.69) is 32.2 Å². The zero-order chi connectivity index (χ0) is 13.8. The van der Waals surface area contributed by atoms with E-state index < -0.39 is 6.10 Å². The van der Waals surface area contributed by atoms with Crippen molar-refractivity contribution >= 4 is 0 Å². The van der Waals surface area contributed by atoms with Gasteiger partial charge in [-0.15, -0.1) is 0 Å². The van der Waals surface area contributed by atoms with E-state index in [9.17, 15) is 5.11 Å². The zero-order valence-electron chi connectivity index (χ0n) is 12.2. The van der Waals surface area contributed by atoms with Gasteiger partial charge in [-0.1, -0.05) is 6.07 Å². The number of aryl methyl sites for hydroxylation is 2. The van der Waals surface area contributed by atoms with Crippen molar-refractivity contribution in [3.63, 3.8) is 0 Å². The molecule has 1 aromatic carbocycles. The first-order valence-electron chi connectivity index (χ1n) is 6.50. The van der Waals surface area contributed by atoms with Crippen molar-refractivity contribution in [1.29, 1.82) is 0 Å². The lowest BCUT2D eigenvalue weighted by atomic mass is 10.1. The van der Waals surface area contributed by atoms with Crippen molar-refractivity contribution in [3.8, 4) is 5.75 Å². The Morgan fingerprint density at radius 2 is 1.72 bits per heavy atom. The lowest BCUT2D eigenvalue weighted by Gasteiger charge is -2.19. The maximum atomic E-state index is 9.86. The van der Waals surface area contributed by atoms with Crippen LogP contribution in [0, 0.1) is 13.8 Å². The van der Waals surface area contributed by atoms with Gasteiger partial charge in [-0.05, 0) is 57.9 Å². The zero-order valence-corrected chi connectivity index (χ0v) is 12.2. The molecular formula is C15H26NO2+. The van der Waals surface area contributed by atoms with E-state index >= 15 is 0 Å². The molecule has 0 bridgehead atoms. The van der Waals surface area contributed by atoms with Gasteiger partial charge in [-0.25, -0.2) is 0 Å². The number of quaternary nitrogens is 1. The Morgan fingerprint density at radius 1 is 1.17 bits per heavy atom. The molecule has 0 aliphatic heterocycles. The molecule has 3 heteroatoms. The number of rotatable bonds is 5. The monoisotopic (exact) mass is 252 g/mol. The molecule has 0 fully saturated rings. The summed E-state index contributed by atoms with van der Waals surface area (Å²) in [6.45, 7) is 11.5. The molecule has 18 heavy (non-hydrogen) atoms. The summed E-state index contributed by atoms with van der Waals surface area (Å²) >= 11 is 0. The Kier molecular flexibility index (Phi) is 5.17. The third kappa shape index (κ3) is 6.03. The SMILES string of the molecule is Cc1cc(C)cc(OCC(O)C[NH2+]C(C)(C)C)c1. The van der Waals surface area contributed by atoms with E-state index in [1.54, 1.807) is 0 Å². The third-order valence-corrected chi connectivity index (χ3v) is 2.64. The van der Waals surface area contributed by atoms with Gasteiger partial charge in [0.05, 0.1) is 5.54 Å². The van der Waals surface area contributed by atoms with E-state index in [0.717, 1.165) is 5.75 Å². The number of hydrogen-bond donors (Lipinski definition) is 2. The maximum Gasteiger partial charge on any atom is 0.137 e. The summed E-state index contributed by atoms with van der Waals surface area (Å²) in [4.78, 5) is 0. The van der Waals surface area contributed by atoms with Gasteiger partial charge in [0.2, 0.25) is 0 Å². The van der Waals surface area contributed by atoms with Crippen LogP contribution in [0.2, 0.25) is 0 Å². The molecule has 0 aromatic heterocycles. The smallest absolute Gasteiger partial charge is 0.137 e. The van der Waals surface area contributed by atoms with Crippen LogP contribution >= 0.6 is 0 Å². The molecule has 0 amide bonds. The molecule has 0 saturated heterocycles. The highest BCUT2D eigenvalue weighted by Crippen LogP contribution is 2.16. The van der Waals surface area contributed by atoms with Crippen LogP contribution in [-0.4, -0.2) is 29.9 Å². The predicted octanol–water partition coefficient (Wildman–Crippen LogP) is 1.41. The van der Waals surface area contributed by atoms with E-state index in [0.29, 0.717) is 13.2 Å². The molecule has 1 atom stereocenters. The molecule has 3 nitrogen and oxygen atoms in total. The van der Waals surface area contributed by atoms with E-state index in [1.165, 1.54) is 11.1 Å². The average Bonchev–Trinajstić information content (AvgIpc) is 2.21. The normalized spacial score (nSPS) is 13.4. The van der Waals surface area contributed by atoms with Crippen LogP contribution in [0.3, 0.4) is 0 Å². The van der Waals surface area contributed by atoms with Gasteiger partial charge in [-0.3, -0.25) is 0 Å². The molecule has 1 unspecified atom stereocenters. The number of aliphatic hydroxyl groups excluding tert-OH is 1. The summed E-state index contributed by atoms with van der Waals surface area (Å²) in [6, 6.07) is 6.09. The molecule has 3 N–H and O–H groups in total. The summed E-state index contributed by atoms with van der Waals surface area (Å²) in [7, 11) is 0. The summed E-state index contributed by atoms with van der Waals surface area (Å²) in [5.41, 5.74) is 2.50. The van der Waals surface area contributed by atoms with Gasteiger partial charge in [0.1, 0.15) is 25.0 Å². The van der Waals surface area contributed by atoms with Crippen molar-refractivity contribution in [3.05, 3.63) is 29.3 Å². The van der Waals surface area contributed by atoms with E-state index in [4.69, 9.17) is 4.74 Å². The van der Waals surface area contributed by atoms with Crippen LogP contribution in [0.5, 0.6) is 5.75 Å². The lowest BCUT2D eigenvalue weighted by molar-refractivity contribution is -0.722. The second kappa shape index (κ2) is 6.21. The predicted molar refractivity (Wildman–Crippen MR) is 74.0 cm³/mol. The summed E-state index contributed by atoms with van der Waals surface area (Å²) < 4.78 is 5.62. The largest absolute Gasteiger partial charge is 0.491 e. The summed E-state index contributed by atoms with van der Waals surface area (Å²) in [5.74, 6) is 0.835. The van der Waals surface area contributed by atoms with Crippen LogP contribution in [0.4, 0.5) is 0 Å². The van der Waals surface area contributed by atoms with Crippen molar-refractivity contribution < 1.29 is 15.2 Å². The van der Waals surface area contributed by atoms with Gasteiger partial charge in [0, 0.05) is 0 Å². The first-order chi connectivity index (χ1) is 8.26. The number of nitrogens with two attached hydrogens (primary N) is 1. The van der Waals surface area contributed by atoms with Crippen LogP contribution in [-0.2, 0) is 0 Å². The van der Waals surface area contributed by atoms with Crippen LogP contribution in [0.15, 0.2) is 18.2 Å². The molecule has 0 saturated carbocycles. The summed E-state index contributed by atoms with van der Waals surface area (Å²) in [6.07, 6.45) is -0.440. The van der Waals surface area contributed by atoms with Crippen molar-refractivity contribution in [2.45, 2.75) is 46.3 Å². The lowest BCUT2D eigenvalue weighted by Crippen LogP contribution is -2.96. The first kappa shape index (κ1) is 15.0. The van der Waals surface area contributed by atoms with Gasteiger partial charge < -0.3 is 15.2 Å². The highest BCUT2D eigenvalue weighted by Gasteiger charge is 2.16. The standard InChI is InChI=1S/C15H25NO2/c1-11-6-12(2)8-14(7-11)18-10-13(17)9-16-15(3,4)5/h6-8,13,16-17H,9-10H2,1-5H3/p+1. The highest BCUT2D eigenvalue weighted by molar-refractivity contribution is 5.32. The van der Waals surface area contributed by atoms with Crippen molar-refractivity contribution in [2.24, 2.45) is 0 Å². The fraction of sp³-hybridized carbons (Fsp3) is 0.600. The van der Waals surface area contributed by atoms with Crippen molar-refractivity contribution in [1.82, 2.24) is 0 Å². The molecule has 0 heterocycles. The Hall–Kier alpha value is -1.06. The van der Waals surface area contributed by atoms with Crippen LogP contribution < -0.4 is 10.1 Å². The van der Waals surface area contributed by atoms with E-state index in [-0.39, 0.29) is 5.54 Å². The topological polar surface area (TPSA) is 46.1 Å². The maximum absolute atomic E-state index is 9.86. The fourth-order valence-corrected chi connectivity index (χ4v) is 1.77. The highest BCUT2D eigenvalue weighted by atomic mass is 16.5.